The summed E-state index contributed by atoms with van der Waals surface area (Å²) in [6.45, 7) is 2.21. The first-order valence-corrected chi connectivity index (χ1v) is 8.02. The second-order valence-electron chi connectivity index (χ2n) is 4.28. The lowest BCUT2D eigenvalue weighted by molar-refractivity contribution is 0.786. The highest BCUT2D eigenvalue weighted by Gasteiger charge is 2.11. The number of benzene rings is 1. The smallest absolute Gasteiger partial charge is 0.222 e. The maximum atomic E-state index is 5.66. The lowest BCUT2D eigenvalue weighted by Gasteiger charge is -2.10. The van der Waals surface area contributed by atoms with Crippen LogP contribution in [0.3, 0.4) is 0 Å². The van der Waals surface area contributed by atoms with Gasteiger partial charge in [-0.1, -0.05) is 36.9 Å². The molecule has 6 heteroatoms. The minimum atomic E-state index is 0.466. The lowest BCUT2D eigenvalue weighted by atomic mass is 10.4. The molecule has 2 rings (SSSR count). The molecule has 1 unspecified atom stereocenters. The van der Waals surface area contributed by atoms with Gasteiger partial charge in [0, 0.05) is 17.2 Å². The van der Waals surface area contributed by atoms with Crippen molar-refractivity contribution in [3.8, 4) is 0 Å². The molecule has 0 radical (unpaired) electrons. The van der Waals surface area contributed by atoms with Gasteiger partial charge in [0.1, 0.15) is 0 Å². The van der Waals surface area contributed by atoms with E-state index in [1.54, 1.807) is 11.8 Å². The van der Waals surface area contributed by atoms with Gasteiger partial charge in [-0.25, -0.2) is 0 Å². The number of thioether (sulfide) groups is 2. The average molecular weight is 294 g/mol. The monoisotopic (exact) mass is 294 g/mol. The summed E-state index contributed by atoms with van der Waals surface area (Å²) in [5.74, 6) is 1.57. The zero-order valence-electron chi connectivity index (χ0n) is 11.1. The summed E-state index contributed by atoms with van der Waals surface area (Å²) in [7, 11) is 1.89. The van der Waals surface area contributed by atoms with Crippen molar-refractivity contribution >= 4 is 29.5 Å². The van der Waals surface area contributed by atoms with E-state index in [0.29, 0.717) is 11.2 Å². The van der Waals surface area contributed by atoms with E-state index in [1.165, 1.54) is 4.90 Å². The van der Waals surface area contributed by atoms with Crippen LogP contribution in [-0.2, 0) is 7.05 Å². The Labute approximate surface area is 122 Å². The Hall–Kier alpha value is -1.14. The van der Waals surface area contributed by atoms with Gasteiger partial charge in [-0.15, -0.1) is 22.0 Å². The van der Waals surface area contributed by atoms with Crippen molar-refractivity contribution in [3.63, 3.8) is 0 Å². The van der Waals surface area contributed by atoms with Gasteiger partial charge in [0.2, 0.25) is 5.95 Å². The van der Waals surface area contributed by atoms with Crippen LogP contribution >= 0.6 is 23.5 Å². The largest absolute Gasteiger partial charge is 0.368 e. The van der Waals surface area contributed by atoms with Crippen LogP contribution in [0.5, 0.6) is 0 Å². The zero-order valence-corrected chi connectivity index (χ0v) is 12.7. The van der Waals surface area contributed by atoms with Crippen molar-refractivity contribution in [2.45, 2.75) is 28.6 Å². The predicted octanol–water partition coefficient (Wildman–Crippen LogP) is 3.06. The van der Waals surface area contributed by atoms with Crippen LogP contribution in [0.15, 0.2) is 40.4 Å². The van der Waals surface area contributed by atoms with Crippen molar-refractivity contribution in [2.75, 3.05) is 11.5 Å². The van der Waals surface area contributed by atoms with E-state index in [-0.39, 0.29) is 0 Å². The molecule has 0 bridgehead atoms. The Morgan fingerprint density at radius 3 is 2.63 bits per heavy atom. The van der Waals surface area contributed by atoms with E-state index in [4.69, 9.17) is 5.73 Å². The number of nitrogen functional groups attached to an aromatic ring is 1. The fraction of sp³-hybridized carbons (Fsp3) is 0.385. The summed E-state index contributed by atoms with van der Waals surface area (Å²) in [4.78, 5) is 1.32. The Morgan fingerprint density at radius 1 is 1.26 bits per heavy atom. The number of anilines is 1. The molecule has 1 atom stereocenters. The first-order chi connectivity index (χ1) is 9.16. The van der Waals surface area contributed by atoms with Gasteiger partial charge < -0.3 is 5.73 Å². The molecule has 0 aliphatic carbocycles. The van der Waals surface area contributed by atoms with Crippen molar-refractivity contribution in [1.82, 2.24) is 14.8 Å². The van der Waals surface area contributed by atoms with Crippen LogP contribution in [0.2, 0.25) is 0 Å². The number of rotatable bonds is 6. The van der Waals surface area contributed by atoms with Crippen molar-refractivity contribution < 1.29 is 0 Å². The first-order valence-electron chi connectivity index (χ1n) is 6.16. The molecule has 0 spiro atoms. The normalized spacial score (nSPS) is 12.5. The van der Waals surface area contributed by atoms with Crippen LogP contribution in [0.1, 0.15) is 13.3 Å². The summed E-state index contributed by atoms with van der Waals surface area (Å²) in [6, 6.07) is 10.5. The van der Waals surface area contributed by atoms with E-state index in [1.807, 2.05) is 29.4 Å². The quantitative estimate of drug-likeness (QED) is 0.830. The number of nitrogens with two attached hydrogens (primary N) is 1. The summed E-state index contributed by atoms with van der Waals surface area (Å²) in [5.41, 5.74) is 5.66. The third-order valence-corrected chi connectivity index (χ3v) is 4.96. The lowest BCUT2D eigenvalue weighted by Crippen LogP contribution is -2.02. The molecule has 0 fully saturated rings. The highest BCUT2D eigenvalue weighted by Crippen LogP contribution is 2.26. The van der Waals surface area contributed by atoms with E-state index in [9.17, 15) is 0 Å². The van der Waals surface area contributed by atoms with Gasteiger partial charge in [-0.2, -0.15) is 0 Å². The van der Waals surface area contributed by atoms with Gasteiger partial charge in [0.15, 0.2) is 5.16 Å². The highest BCUT2D eigenvalue weighted by molar-refractivity contribution is 8.00. The summed E-state index contributed by atoms with van der Waals surface area (Å²) in [5, 5.41) is 9.31. The maximum Gasteiger partial charge on any atom is 0.222 e. The standard InChI is InChI=1S/C13H18N4S2/c1-10(19-13-16-15-12(14)17(13)2)8-9-18-11-6-4-3-5-7-11/h3-7,10H,8-9H2,1-2H3,(H2,14,15). The molecule has 0 amide bonds. The van der Waals surface area contributed by atoms with Crippen LogP contribution in [0.4, 0.5) is 5.95 Å². The Morgan fingerprint density at radius 2 is 2.00 bits per heavy atom. The molecule has 102 valence electrons. The van der Waals surface area contributed by atoms with Gasteiger partial charge >= 0.3 is 0 Å². The summed E-state index contributed by atoms with van der Waals surface area (Å²) < 4.78 is 1.82. The third-order valence-electron chi connectivity index (χ3n) is 2.71. The van der Waals surface area contributed by atoms with Crippen molar-refractivity contribution in [2.24, 2.45) is 7.05 Å². The second-order valence-corrected chi connectivity index (χ2v) is 6.85. The average Bonchev–Trinajstić information content (AvgIpc) is 2.72. The molecule has 0 saturated carbocycles. The Balaban J connectivity index is 1.76. The van der Waals surface area contributed by atoms with E-state index < -0.39 is 0 Å². The summed E-state index contributed by atoms with van der Waals surface area (Å²) in [6.07, 6.45) is 1.12. The molecule has 19 heavy (non-hydrogen) atoms. The van der Waals surface area contributed by atoms with Gasteiger partial charge in [0.25, 0.3) is 0 Å². The molecule has 1 heterocycles. The molecule has 0 aliphatic heterocycles. The Bertz CT molecular complexity index is 513. The van der Waals surface area contributed by atoms with Crippen molar-refractivity contribution in [3.05, 3.63) is 30.3 Å². The molecule has 0 saturated heterocycles. The number of hydrogen-bond donors (Lipinski definition) is 1. The van der Waals surface area contributed by atoms with Gasteiger partial charge in [-0.3, -0.25) is 4.57 Å². The molecule has 2 aromatic rings. The van der Waals surface area contributed by atoms with E-state index >= 15 is 0 Å². The number of hydrogen-bond acceptors (Lipinski definition) is 5. The molecule has 1 aromatic carbocycles. The zero-order chi connectivity index (χ0) is 13.7. The topological polar surface area (TPSA) is 56.7 Å². The van der Waals surface area contributed by atoms with Crippen LogP contribution in [0.25, 0.3) is 0 Å². The molecular formula is C13H18N4S2. The minimum Gasteiger partial charge on any atom is -0.368 e. The van der Waals surface area contributed by atoms with E-state index in [0.717, 1.165) is 17.3 Å². The SMILES string of the molecule is CC(CCSc1ccccc1)Sc1nnc(N)n1C. The van der Waals surface area contributed by atoms with E-state index in [2.05, 4.69) is 41.4 Å². The fourth-order valence-corrected chi connectivity index (χ4v) is 3.67. The number of aromatic nitrogens is 3. The molecule has 1 aromatic heterocycles. The Kier molecular flexibility index (Phi) is 5.15. The fourth-order valence-electron chi connectivity index (χ4n) is 1.53. The molecule has 4 nitrogen and oxygen atoms in total. The van der Waals surface area contributed by atoms with Gasteiger partial charge in [0.05, 0.1) is 0 Å². The minimum absolute atomic E-state index is 0.466. The second kappa shape index (κ2) is 6.86. The van der Waals surface area contributed by atoms with Crippen molar-refractivity contribution in [1.29, 1.82) is 0 Å². The number of nitrogens with zero attached hydrogens (tertiary/aromatic N) is 3. The predicted molar refractivity (Wildman–Crippen MR) is 82.5 cm³/mol. The maximum absolute atomic E-state index is 5.66. The van der Waals surface area contributed by atoms with Crippen LogP contribution in [0, 0.1) is 0 Å². The molecule has 0 aliphatic rings. The summed E-state index contributed by atoms with van der Waals surface area (Å²) >= 11 is 3.61. The van der Waals surface area contributed by atoms with Crippen LogP contribution < -0.4 is 5.73 Å². The third kappa shape index (κ3) is 4.18. The molecule has 2 N–H and O–H groups in total. The molecular weight excluding hydrogens is 276 g/mol. The van der Waals surface area contributed by atoms with Gasteiger partial charge in [-0.05, 0) is 24.3 Å². The highest BCUT2D eigenvalue weighted by atomic mass is 32.2. The first kappa shape index (κ1) is 14.3. The van der Waals surface area contributed by atoms with Crippen LogP contribution in [-0.4, -0.2) is 25.8 Å².